The molecule has 0 aliphatic rings. The number of hydrogen-bond donors (Lipinski definition) is 1. The van der Waals surface area contributed by atoms with E-state index in [0.717, 1.165) is 11.6 Å². The maximum Gasteiger partial charge on any atom is 0.416 e. The zero-order valence-electron chi connectivity index (χ0n) is 10.7. The highest BCUT2D eigenvalue weighted by Gasteiger charge is 2.34. The highest BCUT2D eigenvalue weighted by molar-refractivity contribution is 6.32. The smallest absolute Gasteiger partial charge is 0.320 e. The lowest BCUT2D eigenvalue weighted by molar-refractivity contribution is -0.138. The van der Waals surface area contributed by atoms with Crippen LogP contribution in [0.3, 0.4) is 0 Å². The van der Waals surface area contributed by atoms with Crippen molar-refractivity contribution >= 4 is 11.6 Å². The Morgan fingerprint density at radius 1 is 1.00 bits per heavy atom. The lowest BCUT2D eigenvalue weighted by Gasteiger charge is -2.20. The average molecular weight is 300 g/mol. The van der Waals surface area contributed by atoms with E-state index in [1.807, 2.05) is 0 Å². The van der Waals surface area contributed by atoms with Gasteiger partial charge in [0.05, 0.1) is 11.6 Å². The minimum Gasteiger partial charge on any atom is -0.320 e. The van der Waals surface area contributed by atoms with Crippen LogP contribution in [0.2, 0.25) is 5.02 Å². The van der Waals surface area contributed by atoms with Gasteiger partial charge in [0, 0.05) is 5.02 Å². The minimum absolute atomic E-state index is 0.0208. The summed E-state index contributed by atoms with van der Waals surface area (Å²) in [7, 11) is 0. The quantitative estimate of drug-likeness (QED) is 0.853. The van der Waals surface area contributed by atoms with Gasteiger partial charge < -0.3 is 5.73 Å². The first-order valence-corrected chi connectivity index (χ1v) is 6.37. The second-order valence-corrected chi connectivity index (χ2v) is 4.92. The second kappa shape index (κ2) is 5.46. The molecular weight excluding hydrogens is 287 g/mol. The summed E-state index contributed by atoms with van der Waals surface area (Å²) < 4.78 is 39.0. The van der Waals surface area contributed by atoms with E-state index in [1.54, 1.807) is 25.1 Å². The van der Waals surface area contributed by atoms with Crippen LogP contribution < -0.4 is 5.73 Å². The highest BCUT2D eigenvalue weighted by atomic mass is 35.5. The van der Waals surface area contributed by atoms with Crippen molar-refractivity contribution in [1.82, 2.24) is 0 Å². The summed E-state index contributed by atoms with van der Waals surface area (Å²) in [5, 5.41) is 0.400. The number of nitrogens with two attached hydrogens (primary N) is 1. The number of alkyl halides is 3. The van der Waals surface area contributed by atoms with Gasteiger partial charge in [-0.1, -0.05) is 48.0 Å². The molecule has 1 nitrogen and oxygen atoms in total. The summed E-state index contributed by atoms with van der Waals surface area (Å²) in [4.78, 5) is 0. The van der Waals surface area contributed by atoms with Gasteiger partial charge in [0.25, 0.3) is 0 Å². The van der Waals surface area contributed by atoms with Crippen molar-refractivity contribution in [2.75, 3.05) is 0 Å². The van der Waals surface area contributed by atoms with Crippen LogP contribution in [0.1, 0.15) is 28.3 Å². The van der Waals surface area contributed by atoms with Crippen LogP contribution in [-0.2, 0) is 6.18 Å². The molecule has 0 saturated carbocycles. The van der Waals surface area contributed by atoms with Gasteiger partial charge in [-0.25, -0.2) is 0 Å². The average Bonchev–Trinajstić information content (AvgIpc) is 2.40. The van der Waals surface area contributed by atoms with Crippen LogP contribution in [-0.4, -0.2) is 0 Å². The van der Waals surface area contributed by atoms with Crippen molar-refractivity contribution < 1.29 is 13.2 Å². The van der Waals surface area contributed by atoms with Crippen LogP contribution in [0.25, 0.3) is 0 Å². The Balaban J connectivity index is 2.55. The van der Waals surface area contributed by atoms with Crippen molar-refractivity contribution in [3.05, 3.63) is 69.7 Å². The Morgan fingerprint density at radius 2 is 1.60 bits per heavy atom. The summed E-state index contributed by atoms with van der Waals surface area (Å²) in [6.45, 7) is 1.79. The molecule has 106 valence electrons. The molecule has 1 atom stereocenters. The van der Waals surface area contributed by atoms with E-state index in [4.69, 9.17) is 17.3 Å². The predicted octanol–water partition coefficient (Wildman–Crippen LogP) is 4.72. The van der Waals surface area contributed by atoms with Crippen molar-refractivity contribution in [1.29, 1.82) is 0 Å². The van der Waals surface area contributed by atoms with Crippen LogP contribution in [0.15, 0.2) is 42.5 Å². The molecule has 2 N–H and O–H groups in total. The van der Waals surface area contributed by atoms with Gasteiger partial charge in [-0.3, -0.25) is 0 Å². The molecule has 0 aliphatic heterocycles. The van der Waals surface area contributed by atoms with E-state index in [9.17, 15) is 13.2 Å². The lowest BCUT2D eigenvalue weighted by Crippen LogP contribution is -2.18. The van der Waals surface area contributed by atoms with E-state index in [1.165, 1.54) is 18.2 Å². The molecule has 2 aromatic carbocycles. The SMILES string of the molecule is Cc1cccc(C(N)c2ccccc2C(F)(F)F)c1Cl. The first kappa shape index (κ1) is 14.9. The largest absolute Gasteiger partial charge is 0.416 e. The van der Waals surface area contributed by atoms with E-state index in [0.29, 0.717) is 10.6 Å². The molecule has 0 fully saturated rings. The topological polar surface area (TPSA) is 26.0 Å². The Labute approximate surface area is 120 Å². The van der Waals surface area contributed by atoms with E-state index < -0.39 is 17.8 Å². The summed E-state index contributed by atoms with van der Waals surface area (Å²) >= 11 is 6.14. The Morgan fingerprint density at radius 3 is 2.25 bits per heavy atom. The lowest BCUT2D eigenvalue weighted by atomic mass is 9.94. The normalized spacial score (nSPS) is 13.3. The van der Waals surface area contributed by atoms with Crippen LogP contribution in [0, 0.1) is 6.92 Å². The fraction of sp³-hybridized carbons (Fsp3) is 0.200. The predicted molar refractivity (Wildman–Crippen MR) is 73.7 cm³/mol. The van der Waals surface area contributed by atoms with Gasteiger partial charge in [0.2, 0.25) is 0 Å². The monoisotopic (exact) mass is 299 g/mol. The molecule has 0 saturated heterocycles. The Hall–Kier alpha value is -1.52. The molecular formula is C15H13ClF3N. The van der Waals surface area contributed by atoms with Crippen LogP contribution in [0.5, 0.6) is 0 Å². The summed E-state index contributed by atoms with van der Waals surface area (Å²) in [5.74, 6) is 0. The molecule has 0 spiro atoms. The molecule has 20 heavy (non-hydrogen) atoms. The number of benzene rings is 2. The Bertz CT molecular complexity index is 623. The second-order valence-electron chi connectivity index (χ2n) is 4.54. The van der Waals surface area contributed by atoms with Gasteiger partial charge in [0.1, 0.15) is 0 Å². The number of hydrogen-bond acceptors (Lipinski definition) is 1. The molecule has 2 aromatic rings. The zero-order chi connectivity index (χ0) is 14.9. The first-order valence-electron chi connectivity index (χ1n) is 5.99. The van der Waals surface area contributed by atoms with Crippen molar-refractivity contribution in [3.63, 3.8) is 0 Å². The fourth-order valence-corrected chi connectivity index (χ4v) is 2.35. The third-order valence-corrected chi connectivity index (χ3v) is 3.67. The van der Waals surface area contributed by atoms with E-state index in [-0.39, 0.29) is 5.56 Å². The molecule has 1 unspecified atom stereocenters. The van der Waals surface area contributed by atoms with Crippen LogP contribution >= 0.6 is 11.6 Å². The molecule has 2 rings (SSSR count). The van der Waals surface area contributed by atoms with Crippen LogP contribution in [0.4, 0.5) is 13.2 Å². The molecule has 0 amide bonds. The van der Waals surface area contributed by atoms with Gasteiger partial charge in [-0.05, 0) is 29.7 Å². The molecule has 5 heteroatoms. The highest BCUT2D eigenvalue weighted by Crippen LogP contribution is 2.37. The molecule has 0 heterocycles. The van der Waals surface area contributed by atoms with Gasteiger partial charge in [0.15, 0.2) is 0 Å². The molecule has 0 aliphatic carbocycles. The van der Waals surface area contributed by atoms with Gasteiger partial charge >= 0.3 is 6.18 Å². The standard InChI is InChI=1S/C15H13ClF3N/c1-9-5-4-7-11(13(9)16)14(20)10-6-2-3-8-12(10)15(17,18)19/h2-8,14H,20H2,1H3. The number of rotatable bonds is 2. The van der Waals surface area contributed by atoms with Gasteiger partial charge in [-0.15, -0.1) is 0 Å². The summed E-state index contributed by atoms with van der Waals surface area (Å²) in [6.07, 6.45) is -4.44. The third kappa shape index (κ3) is 2.81. The zero-order valence-corrected chi connectivity index (χ0v) is 11.5. The molecule has 0 aromatic heterocycles. The number of aryl methyl sites for hydroxylation is 1. The van der Waals surface area contributed by atoms with E-state index in [2.05, 4.69) is 0 Å². The Kier molecular flexibility index (Phi) is 4.06. The fourth-order valence-electron chi connectivity index (χ4n) is 2.10. The maximum absolute atomic E-state index is 13.0. The van der Waals surface area contributed by atoms with Crippen molar-refractivity contribution in [3.8, 4) is 0 Å². The minimum atomic E-state index is -4.44. The third-order valence-electron chi connectivity index (χ3n) is 3.16. The van der Waals surface area contributed by atoms with Crippen molar-refractivity contribution in [2.45, 2.75) is 19.1 Å². The molecule has 0 bridgehead atoms. The van der Waals surface area contributed by atoms with Crippen molar-refractivity contribution in [2.24, 2.45) is 5.73 Å². The number of halogens is 4. The summed E-state index contributed by atoms with van der Waals surface area (Å²) in [5.41, 5.74) is 6.56. The summed E-state index contributed by atoms with van der Waals surface area (Å²) in [6, 6.07) is 9.53. The maximum atomic E-state index is 13.0. The van der Waals surface area contributed by atoms with E-state index >= 15 is 0 Å². The van der Waals surface area contributed by atoms with Gasteiger partial charge in [-0.2, -0.15) is 13.2 Å². The molecule has 0 radical (unpaired) electrons. The first-order chi connectivity index (χ1) is 9.32.